The lowest BCUT2D eigenvalue weighted by molar-refractivity contribution is -0.129. The van der Waals surface area contributed by atoms with Gasteiger partial charge in [0.15, 0.2) is 9.84 Å². The molecule has 1 aliphatic rings. The normalized spacial score (nSPS) is 14.8. The maximum absolute atomic E-state index is 13.1. The number of hydrogen-bond donors (Lipinski definition) is 1. The van der Waals surface area contributed by atoms with Gasteiger partial charge in [-0.3, -0.25) is 4.79 Å². The van der Waals surface area contributed by atoms with Crippen molar-refractivity contribution >= 4 is 27.1 Å². The summed E-state index contributed by atoms with van der Waals surface area (Å²) >= 11 is 0. The van der Waals surface area contributed by atoms with Crippen LogP contribution in [-0.4, -0.2) is 58.2 Å². The molecule has 0 aromatic heterocycles. The number of piperazine rings is 1. The maximum Gasteiger partial charge on any atom is 0.241 e. The number of halogens is 1. The number of nitrogens with one attached hydrogen (secondary N) is 1. The van der Waals surface area contributed by atoms with E-state index >= 15 is 0 Å². The minimum Gasteiger partial charge on any atom is -0.376 e. The molecule has 28 heavy (non-hydrogen) atoms. The number of anilines is 2. The number of amides is 1. The number of hydrogen-bond acceptors (Lipinski definition) is 5. The van der Waals surface area contributed by atoms with Crippen molar-refractivity contribution in [2.45, 2.75) is 5.75 Å². The minimum absolute atomic E-state index is 0.0343. The summed E-state index contributed by atoms with van der Waals surface area (Å²) < 4.78 is 36.2. The van der Waals surface area contributed by atoms with Gasteiger partial charge in [0.25, 0.3) is 0 Å². The minimum atomic E-state index is -3.16. The van der Waals surface area contributed by atoms with E-state index in [-0.39, 0.29) is 24.0 Å². The topological polar surface area (TPSA) is 69.7 Å². The molecular weight excluding hydrogens is 381 g/mol. The molecule has 8 heteroatoms. The molecule has 6 nitrogen and oxygen atoms in total. The van der Waals surface area contributed by atoms with Gasteiger partial charge in [-0.25, -0.2) is 12.8 Å². The van der Waals surface area contributed by atoms with Gasteiger partial charge in [-0.1, -0.05) is 18.2 Å². The molecule has 1 fully saturated rings. The molecule has 1 N–H and O–H groups in total. The molecular formula is C20H24FN3O3S. The van der Waals surface area contributed by atoms with Gasteiger partial charge in [0.1, 0.15) is 5.82 Å². The second kappa shape index (κ2) is 8.60. The molecule has 1 heterocycles. The summed E-state index contributed by atoms with van der Waals surface area (Å²) in [4.78, 5) is 16.4. The van der Waals surface area contributed by atoms with Gasteiger partial charge >= 0.3 is 0 Å². The van der Waals surface area contributed by atoms with E-state index in [0.717, 1.165) is 5.69 Å². The Balaban J connectivity index is 1.53. The Hall–Kier alpha value is -2.61. The molecule has 0 radical (unpaired) electrons. The van der Waals surface area contributed by atoms with Gasteiger partial charge in [0.2, 0.25) is 5.91 Å². The second-order valence-corrected chi connectivity index (χ2v) is 9.07. The highest BCUT2D eigenvalue weighted by molar-refractivity contribution is 7.89. The van der Waals surface area contributed by atoms with Crippen molar-refractivity contribution in [3.05, 3.63) is 59.9 Å². The fraction of sp³-hybridized carbons (Fsp3) is 0.350. The van der Waals surface area contributed by atoms with Crippen LogP contribution in [-0.2, 0) is 20.4 Å². The second-order valence-electron chi connectivity index (χ2n) is 6.93. The van der Waals surface area contributed by atoms with E-state index in [0.29, 0.717) is 37.4 Å². The summed E-state index contributed by atoms with van der Waals surface area (Å²) in [6, 6.07) is 13.5. The molecule has 2 aromatic carbocycles. The first-order valence-corrected chi connectivity index (χ1v) is 11.2. The number of benzene rings is 2. The van der Waals surface area contributed by atoms with Crippen LogP contribution >= 0.6 is 0 Å². The lowest BCUT2D eigenvalue weighted by atomic mass is 10.2. The smallest absolute Gasteiger partial charge is 0.241 e. The van der Waals surface area contributed by atoms with Crippen LogP contribution in [0, 0.1) is 5.82 Å². The summed E-state index contributed by atoms with van der Waals surface area (Å²) in [6.07, 6.45) is 1.19. The number of rotatable bonds is 6. The fourth-order valence-corrected chi connectivity index (χ4v) is 4.07. The van der Waals surface area contributed by atoms with E-state index in [1.165, 1.54) is 18.4 Å². The zero-order valence-corrected chi connectivity index (χ0v) is 16.6. The summed E-state index contributed by atoms with van der Waals surface area (Å²) in [5.74, 6) is -0.367. The third-order valence-corrected chi connectivity index (χ3v) is 5.52. The Kier molecular flexibility index (Phi) is 6.18. The number of carbonyl (C=O) groups excluding carboxylic acids is 1. The molecule has 2 aromatic rings. The first kappa shape index (κ1) is 20.1. The van der Waals surface area contributed by atoms with E-state index in [4.69, 9.17) is 0 Å². The highest BCUT2D eigenvalue weighted by Crippen LogP contribution is 2.19. The van der Waals surface area contributed by atoms with Crippen LogP contribution in [0.3, 0.4) is 0 Å². The van der Waals surface area contributed by atoms with Crippen molar-refractivity contribution in [2.24, 2.45) is 0 Å². The van der Waals surface area contributed by atoms with Crippen LogP contribution in [0.15, 0.2) is 48.5 Å². The van der Waals surface area contributed by atoms with E-state index in [2.05, 4.69) is 10.2 Å². The van der Waals surface area contributed by atoms with E-state index < -0.39 is 9.84 Å². The first-order chi connectivity index (χ1) is 13.3. The summed E-state index contributed by atoms with van der Waals surface area (Å²) in [5, 5.41) is 3.07. The third-order valence-electron chi connectivity index (χ3n) is 4.69. The van der Waals surface area contributed by atoms with Crippen molar-refractivity contribution in [1.82, 2.24) is 4.90 Å². The largest absolute Gasteiger partial charge is 0.376 e. The lowest BCUT2D eigenvalue weighted by Gasteiger charge is -2.36. The number of nitrogens with zero attached hydrogens (tertiary/aromatic N) is 2. The molecule has 0 saturated carbocycles. The average Bonchev–Trinajstić information content (AvgIpc) is 2.67. The van der Waals surface area contributed by atoms with Crippen molar-refractivity contribution in [3.63, 3.8) is 0 Å². The van der Waals surface area contributed by atoms with Crippen molar-refractivity contribution in [3.8, 4) is 0 Å². The lowest BCUT2D eigenvalue weighted by Crippen LogP contribution is -2.50. The SMILES string of the molecule is CS(=O)(=O)Cc1ccccc1NCC(=O)N1CCN(c2ccc(F)cc2)CC1. The molecule has 1 aliphatic heterocycles. The number of sulfone groups is 1. The van der Waals surface area contributed by atoms with E-state index in [1.54, 1.807) is 41.3 Å². The van der Waals surface area contributed by atoms with Gasteiger partial charge in [-0.15, -0.1) is 0 Å². The van der Waals surface area contributed by atoms with Gasteiger partial charge in [0, 0.05) is 43.8 Å². The van der Waals surface area contributed by atoms with Crippen LogP contribution in [0.4, 0.5) is 15.8 Å². The van der Waals surface area contributed by atoms with Crippen LogP contribution in [0.1, 0.15) is 5.56 Å². The van der Waals surface area contributed by atoms with Gasteiger partial charge < -0.3 is 15.1 Å². The van der Waals surface area contributed by atoms with Crippen molar-refractivity contribution in [1.29, 1.82) is 0 Å². The first-order valence-electron chi connectivity index (χ1n) is 9.09. The molecule has 1 amide bonds. The summed E-state index contributed by atoms with van der Waals surface area (Å²) in [6.45, 7) is 2.65. The van der Waals surface area contributed by atoms with Crippen LogP contribution in [0.5, 0.6) is 0 Å². The Labute approximate surface area is 164 Å². The predicted octanol–water partition coefficient (Wildman–Crippen LogP) is 2.13. The Morgan fingerprint density at radius 3 is 2.32 bits per heavy atom. The fourth-order valence-electron chi connectivity index (χ4n) is 3.25. The highest BCUT2D eigenvalue weighted by atomic mass is 32.2. The molecule has 150 valence electrons. The summed E-state index contributed by atoms with van der Waals surface area (Å²) in [7, 11) is -3.16. The van der Waals surface area contributed by atoms with E-state index in [9.17, 15) is 17.6 Å². The zero-order chi connectivity index (χ0) is 20.1. The quantitative estimate of drug-likeness (QED) is 0.797. The number of para-hydroxylation sites is 1. The Morgan fingerprint density at radius 2 is 1.68 bits per heavy atom. The van der Waals surface area contributed by atoms with Crippen LogP contribution < -0.4 is 10.2 Å². The average molecular weight is 405 g/mol. The molecule has 0 bridgehead atoms. The predicted molar refractivity (Wildman–Crippen MR) is 109 cm³/mol. The number of carbonyl (C=O) groups is 1. The molecule has 1 saturated heterocycles. The van der Waals surface area contributed by atoms with Crippen molar-refractivity contribution < 1.29 is 17.6 Å². The zero-order valence-electron chi connectivity index (χ0n) is 15.8. The van der Waals surface area contributed by atoms with Gasteiger partial charge in [0.05, 0.1) is 12.3 Å². The molecule has 0 atom stereocenters. The standard InChI is InChI=1S/C20H24FN3O3S/c1-28(26,27)15-16-4-2-3-5-19(16)22-14-20(25)24-12-10-23(11-13-24)18-8-6-17(21)7-9-18/h2-9,22H,10-15H2,1H3. The molecule has 0 spiro atoms. The molecule has 3 rings (SSSR count). The van der Waals surface area contributed by atoms with E-state index in [1.807, 2.05) is 0 Å². The monoisotopic (exact) mass is 405 g/mol. The highest BCUT2D eigenvalue weighted by Gasteiger charge is 2.21. The maximum atomic E-state index is 13.1. The van der Waals surface area contributed by atoms with Crippen LogP contribution in [0.2, 0.25) is 0 Å². The molecule has 0 aliphatic carbocycles. The molecule has 0 unspecified atom stereocenters. The Morgan fingerprint density at radius 1 is 1.04 bits per heavy atom. The van der Waals surface area contributed by atoms with Gasteiger partial charge in [-0.2, -0.15) is 0 Å². The Bertz CT molecular complexity index is 924. The van der Waals surface area contributed by atoms with Crippen molar-refractivity contribution in [2.75, 3.05) is 49.2 Å². The van der Waals surface area contributed by atoms with Crippen LogP contribution in [0.25, 0.3) is 0 Å². The van der Waals surface area contributed by atoms with Gasteiger partial charge in [-0.05, 0) is 35.9 Å². The third kappa shape index (κ3) is 5.45. The summed E-state index contributed by atoms with van der Waals surface area (Å²) in [5.41, 5.74) is 2.26.